The molecule has 0 aliphatic carbocycles. The molecule has 2 aromatic carbocycles. The van der Waals surface area contributed by atoms with E-state index >= 15 is 0 Å². The maximum absolute atomic E-state index is 12.3. The van der Waals surface area contributed by atoms with E-state index in [0.717, 1.165) is 29.8 Å². The number of hydrogen-bond acceptors (Lipinski definition) is 4. The van der Waals surface area contributed by atoms with E-state index in [1.54, 1.807) is 32.4 Å². The fraction of sp³-hybridized carbons (Fsp3) is 0.304. The van der Waals surface area contributed by atoms with Gasteiger partial charge in [0, 0.05) is 31.3 Å². The fourth-order valence-corrected chi connectivity index (χ4v) is 3.38. The van der Waals surface area contributed by atoms with Crippen LogP contribution in [0.25, 0.3) is 6.08 Å². The third-order valence-corrected chi connectivity index (χ3v) is 4.98. The molecule has 6 heteroatoms. The molecule has 0 unspecified atom stereocenters. The number of methoxy groups -OCH3 is 2. The molecule has 0 saturated carbocycles. The van der Waals surface area contributed by atoms with Crippen molar-refractivity contribution < 1.29 is 19.1 Å². The van der Waals surface area contributed by atoms with Gasteiger partial charge in [0.15, 0.2) is 11.5 Å². The highest BCUT2D eigenvalue weighted by Crippen LogP contribution is 2.28. The smallest absolute Gasteiger partial charge is 0.248 e. The highest BCUT2D eigenvalue weighted by atomic mass is 16.5. The Kier molecular flexibility index (Phi) is 6.54. The second kappa shape index (κ2) is 9.28. The molecule has 1 aliphatic rings. The second-order valence-corrected chi connectivity index (χ2v) is 6.84. The van der Waals surface area contributed by atoms with Crippen molar-refractivity contribution >= 4 is 23.6 Å². The first-order valence-corrected chi connectivity index (χ1v) is 9.64. The average Bonchev–Trinajstić information content (AvgIpc) is 2.76. The molecule has 1 N–H and O–H groups in total. The lowest BCUT2D eigenvalue weighted by molar-refractivity contribution is -0.131. The molecule has 1 aliphatic heterocycles. The summed E-state index contributed by atoms with van der Waals surface area (Å²) < 4.78 is 10.5. The Hall–Kier alpha value is -3.28. The summed E-state index contributed by atoms with van der Waals surface area (Å²) in [5.74, 6) is 1.18. The number of fused-ring (bicyclic) bond motifs is 1. The van der Waals surface area contributed by atoms with Crippen LogP contribution in [0.2, 0.25) is 0 Å². The van der Waals surface area contributed by atoms with Crippen molar-refractivity contribution in [1.82, 2.24) is 4.90 Å². The Morgan fingerprint density at radius 3 is 2.59 bits per heavy atom. The number of nitrogens with one attached hydrogen (secondary N) is 1. The molecule has 3 rings (SSSR count). The third kappa shape index (κ3) is 4.96. The van der Waals surface area contributed by atoms with Gasteiger partial charge in [-0.25, -0.2) is 0 Å². The van der Waals surface area contributed by atoms with Crippen LogP contribution in [0.3, 0.4) is 0 Å². The lowest BCUT2D eigenvalue weighted by atomic mass is 9.99. The minimum absolute atomic E-state index is 0.156. The lowest BCUT2D eigenvalue weighted by Gasteiger charge is -2.29. The van der Waals surface area contributed by atoms with Crippen molar-refractivity contribution in [3.05, 3.63) is 59.2 Å². The molecular weight excluding hydrogens is 368 g/mol. The van der Waals surface area contributed by atoms with Gasteiger partial charge >= 0.3 is 0 Å². The van der Waals surface area contributed by atoms with Crippen LogP contribution in [0, 0.1) is 0 Å². The second-order valence-electron chi connectivity index (χ2n) is 6.84. The number of carbonyl (C=O) groups excluding carboxylic acids is 2. The van der Waals surface area contributed by atoms with Crippen LogP contribution in [0.5, 0.6) is 11.5 Å². The zero-order valence-electron chi connectivity index (χ0n) is 17.0. The zero-order chi connectivity index (χ0) is 20.8. The summed E-state index contributed by atoms with van der Waals surface area (Å²) in [5, 5.41) is 2.89. The molecule has 0 saturated heterocycles. The van der Waals surface area contributed by atoms with Crippen LogP contribution in [0.4, 0.5) is 5.69 Å². The zero-order valence-corrected chi connectivity index (χ0v) is 17.0. The van der Waals surface area contributed by atoms with Crippen molar-refractivity contribution in [2.45, 2.75) is 26.3 Å². The third-order valence-electron chi connectivity index (χ3n) is 4.98. The summed E-state index contributed by atoms with van der Waals surface area (Å²) in [6.45, 7) is 3.21. The topological polar surface area (TPSA) is 67.9 Å². The number of rotatable bonds is 6. The minimum Gasteiger partial charge on any atom is -0.493 e. The molecule has 29 heavy (non-hydrogen) atoms. The average molecular weight is 394 g/mol. The molecule has 1 heterocycles. The van der Waals surface area contributed by atoms with Crippen LogP contribution in [0.15, 0.2) is 42.5 Å². The molecule has 2 amide bonds. The molecule has 0 atom stereocenters. The fourth-order valence-electron chi connectivity index (χ4n) is 3.38. The molecule has 0 fully saturated rings. The summed E-state index contributed by atoms with van der Waals surface area (Å²) in [6, 6.07) is 11.3. The quantitative estimate of drug-likeness (QED) is 0.760. The predicted octanol–water partition coefficient (Wildman–Crippen LogP) is 3.65. The van der Waals surface area contributed by atoms with Crippen LogP contribution < -0.4 is 14.8 Å². The number of carbonyl (C=O) groups is 2. The van der Waals surface area contributed by atoms with E-state index in [4.69, 9.17) is 9.47 Å². The van der Waals surface area contributed by atoms with E-state index in [9.17, 15) is 9.59 Å². The van der Waals surface area contributed by atoms with Crippen molar-refractivity contribution in [2.75, 3.05) is 26.1 Å². The number of ether oxygens (including phenoxy) is 2. The highest BCUT2D eigenvalue weighted by molar-refractivity contribution is 6.02. The number of anilines is 1. The van der Waals surface area contributed by atoms with Gasteiger partial charge in [0.25, 0.3) is 0 Å². The largest absolute Gasteiger partial charge is 0.493 e. The lowest BCUT2D eigenvalue weighted by Crippen LogP contribution is -2.35. The Bertz CT molecular complexity index is 936. The molecule has 2 aromatic rings. The highest BCUT2D eigenvalue weighted by Gasteiger charge is 2.19. The monoisotopic (exact) mass is 394 g/mol. The summed E-state index contributed by atoms with van der Waals surface area (Å²) in [4.78, 5) is 26.2. The molecular formula is C23H26N2O4. The normalized spacial score (nSPS) is 13.1. The first-order valence-electron chi connectivity index (χ1n) is 9.64. The number of benzene rings is 2. The first-order chi connectivity index (χ1) is 14.0. The van der Waals surface area contributed by atoms with Gasteiger partial charge in [-0.15, -0.1) is 0 Å². The van der Waals surface area contributed by atoms with Crippen molar-refractivity contribution in [2.24, 2.45) is 0 Å². The SMILES string of the molecule is CCC(=O)N1CCc2ccc(NC(=O)/C=C/c3ccc(OC)c(OC)c3)cc2C1. The van der Waals surface area contributed by atoms with Crippen molar-refractivity contribution in [1.29, 1.82) is 0 Å². The van der Waals surface area contributed by atoms with Gasteiger partial charge in [-0.2, -0.15) is 0 Å². The van der Waals surface area contributed by atoms with Gasteiger partial charge in [0.2, 0.25) is 11.8 Å². The molecule has 152 valence electrons. The van der Waals surface area contributed by atoms with Crippen molar-refractivity contribution in [3.8, 4) is 11.5 Å². The Morgan fingerprint density at radius 2 is 1.86 bits per heavy atom. The van der Waals surface area contributed by atoms with E-state index < -0.39 is 0 Å². The Morgan fingerprint density at radius 1 is 1.07 bits per heavy atom. The van der Waals surface area contributed by atoms with Crippen LogP contribution >= 0.6 is 0 Å². The van der Waals surface area contributed by atoms with E-state index in [0.29, 0.717) is 24.5 Å². The van der Waals surface area contributed by atoms with Crippen molar-refractivity contribution in [3.63, 3.8) is 0 Å². The minimum atomic E-state index is -0.225. The van der Waals surface area contributed by atoms with Crippen LogP contribution in [0.1, 0.15) is 30.0 Å². The Balaban J connectivity index is 1.67. The van der Waals surface area contributed by atoms with Gasteiger partial charge in [-0.05, 0) is 53.5 Å². The van der Waals surface area contributed by atoms with Gasteiger partial charge in [-0.3, -0.25) is 9.59 Å². The maximum Gasteiger partial charge on any atom is 0.248 e. The number of amides is 2. The number of nitrogens with zero attached hydrogens (tertiary/aromatic N) is 1. The molecule has 6 nitrogen and oxygen atoms in total. The standard InChI is InChI=1S/C23H26N2O4/c1-4-23(27)25-12-11-17-7-8-19(14-18(17)15-25)24-22(26)10-6-16-5-9-20(28-2)21(13-16)29-3/h5-10,13-14H,4,11-12,15H2,1-3H3,(H,24,26)/b10-6+. The summed E-state index contributed by atoms with van der Waals surface area (Å²) >= 11 is 0. The predicted molar refractivity (Wildman–Crippen MR) is 113 cm³/mol. The van der Waals surface area contributed by atoms with Gasteiger partial charge in [0.05, 0.1) is 14.2 Å². The molecule has 0 radical (unpaired) electrons. The van der Waals surface area contributed by atoms with E-state index in [2.05, 4.69) is 5.32 Å². The summed E-state index contributed by atoms with van der Waals surface area (Å²) in [7, 11) is 3.15. The van der Waals surface area contributed by atoms with E-state index in [1.165, 1.54) is 11.6 Å². The van der Waals surface area contributed by atoms with Gasteiger partial charge < -0.3 is 19.7 Å². The van der Waals surface area contributed by atoms with Gasteiger partial charge in [0.1, 0.15) is 0 Å². The molecule has 0 aromatic heterocycles. The van der Waals surface area contributed by atoms with Gasteiger partial charge in [-0.1, -0.05) is 19.1 Å². The Labute approximate surface area is 171 Å². The maximum atomic E-state index is 12.3. The molecule has 0 spiro atoms. The van der Waals surface area contributed by atoms with Crippen LogP contribution in [-0.4, -0.2) is 37.5 Å². The van der Waals surface area contributed by atoms with Crippen LogP contribution in [-0.2, 0) is 22.6 Å². The van der Waals surface area contributed by atoms with E-state index in [1.807, 2.05) is 36.1 Å². The first kappa shape index (κ1) is 20.5. The van der Waals surface area contributed by atoms with E-state index in [-0.39, 0.29) is 11.8 Å². The summed E-state index contributed by atoms with van der Waals surface area (Å²) in [6.07, 6.45) is 4.55. The number of hydrogen-bond donors (Lipinski definition) is 1. The molecule has 0 bridgehead atoms. The summed E-state index contributed by atoms with van der Waals surface area (Å²) in [5.41, 5.74) is 3.86.